The number of anilines is 2. The lowest BCUT2D eigenvalue weighted by atomic mass is 10.0. The van der Waals surface area contributed by atoms with Crippen LogP contribution in [0.1, 0.15) is 19.8 Å². The molecule has 8 heteroatoms. The minimum absolute atomic E-state index is 0.0626. The molecular formula is C22H24N4O2S2. The molecule has 1 aliphatic heterocycles. The van der Waals surface area contributed by atoms with E-state index in [1.807, 2.05) is 61.5 Å². The van der Waals surface area contributed by atoms with Crippen molar-refractivity contribution in [2.75, 3.05) is 23.8 Å². The van der Waals surface area contributed by atoms with Gasteiger partial charge in [0.25, 0.3) is 0 Å². The Morgan fingerprint density at radius 2 is 2.00 bits per heavy atom. The molecule has 156 valence electrons. The molecule has 2 N–H and O–H groups in total. The third-order valence-electron chi connectivity index (χ3n) is 4.83. The number of nitrogens with one attached hydrogen (secondary N) is 2. The van der Waals surface area contributed by atoms with Crippen LogP contribution in [0.25, 0.3) is 11.1 Å². The molecule has 1 aliphatic rings. The van der Waals surface area contributed by atoms with Gasteiger partial charge in [0.2, 0.25) is 11.0 Å². The molecule has 0 bridgehead atoms. The average Bonchev–Trinajstić information content (AvgIpc) is 3.45. The molecule has 1 fully saturated rings. The van der Waals surface area contributed by atoms with Crippen molar-refractivity contribution in [3.05, 3.63) is 54.6 Å². The van der Waals surface area contributed by atoms with Crippen LogP contribution in [0.3, 0.4) is 0 Å². The number of thioether (sulfide) groups is 1. The summed E-state index contributed by atoms with van der Waals surface area (Å²) in [6, 6.07) is 17.9. The van der Waals surface area contributed by atoms with Crippen LogP contribution in [-0.4, -0.2) is 40.6 Å². The maximum Gasteiger partial charge on any atom is 0.237 e. The Bertz CT molecular complexity index is 974. The van der Waals surface area contributed by atoms with Gasteiger partial charge < -0.3 is 15.4 Å². The van der Waals surface area contributed by atoms with Crippen molar-refractivity contribution in [1.82, 2.24) is 10.2 Å². The molecule has 2 atom stereocenters. The predicted octanol–water partition coefficient (Wildman–Crippen LogP) is 4.92. The normalized spacial score (nSPS) is 16.9. The molecule has 1 saturated heterocycles. The first-order chi connectivity index (χ1) is 14.7. The van der Waals surface area contributed by atoms with E-state index in [9.17, 15) is 4.79 Å². The van der Waals surface area contributed by atoms with Gasteiger partial charge in [-0.3, -0.25) is 4.79 Å². The highest BCUT2D eigenvalue weighted by Gasteiger charge is 2.20. The smallest absolute Gasteiger partial charge is 0.237 e. The van der Waals surface area contributed by atoms with Gasteiger partial charge in [0.15, 0.2) is 4.34 Å². The molecule has 6 nitrogen and oxygen atoms in total. The lowest BCUT2D eigenvalue weighted by Crippen LogP contribution is -2.22. The molecule has 30 heavy (non-hydrogen) atoms. The third kappa shape index (κ3) is 5.38. The number of ether oxygens (including phenoxy) is 1. The minimum Gasteiger partial charge on any atom is -0.376 e. The topological polar surface area (TPSA) is 76.1 Å². The van der Waals surface area contributed by atoms with Crippen LogP contribution >= 0.6 is 23.1 Å². The van der Waals surface area contributed by atoms with Crippen molar-refractivity contribution in [3.63, 3.8) is 0 Å². The summed E-state index contributed by atoms with van der Waals surface area (Å²) in [7, 11) is 0. The van der Waals surface area contributed by atoms with Crippen molar-refractivity contribution < 1.29 is 9.53 Å². The van der Waals surface area contributed by atoms with E-state index < -0.39 is 0 Å². The largest absolute Gasteiger partial charge is 0.376 e. The average molecular weight is 441 g/mol. The zero-order valence-corrected chi connectivity index (χ0v) is 18.3. The van der Waals surface area contributed by atoms with Crippen LogP contribution < -0.4 is 10.6 Å². The second kappa shape index (κ2) is 10.1. The third-order valence-corrected chi connectivity index (χ3v) is 6.89. The molecular weight excluding hydrogens is 416 g/mol. The van der Waals surface area contributed by atoms with E-state index >= 15 is 0 Å². The zero-order valence-electron chi connectivity index (χ0n) is 16.7. The molecule has 0 aliphatic carbocycles. The quantitative estimate of drug-likeness (QED) is 0.485. The highest BCUT2D eigenvalue weighted by Crippen LogP contribution is 2.31. The van der Waals surface area contributed by atoms with Gasteiger partial charge in [-0.05, 0) is 31.4 Å². The Labute approximate surface area is 184 Å². The predicted molar refractivity (Wildman–Crippen MR) is 123 cm³/mol. The monoisotopic (exact) mass is 440 g/mol. The van der Waals surface area contributed by atoms with Crippen LogP contribution in [0.5, 0.6) is 0 Å². The molecule has 2 aromatic carbocycles. The van der Waals surface area contributed by atoms with E-state index in [1.165, 1.54) is 23.1 Å². The number of para-hydroxylation sites is 1. The van der Waals surface area contributed by atoms with Gasteiger partial charge in [-0.15, -0.1) is 10.2 Å². The van der Waals surface area contributed by atoms with Crippen LogP contribution in [0.2, 0.25) is 0 Å². The molecule has 3 aromatic rings. The summed E-state index contributed by atoms with van der Waals surface area (Å²) in [5.41, 5.74) is 2.87. The van der Waals surface area contributed by atoms with Gasteiger partial charge >= 0.3 is 0 Å². The Morgan fingerprint density at radius 3 is 2.80 bits per heavy atom. The molecule has 0 radical (unpaired) electrons. The maximum absolute atomic E-state index is 12.8. The number of hydrogen-bond acceptors (Lipinski definition) is 7. The van der Waals surface area contributed by atoms with Gasteiger partial charge in [-0.25, -0.2) is 0 Å². The number of aromatic nitrogens is 2. The van der Waals surface area contributed by atoms with Crippen molar-refractivity contribution >= 4 is 39.8 Å². The van der Waals surface area contributed by atoms with Crippen LogP contribution in [0.4, 0.5) is 10.8 Å². The number of nitrogens with zero attached hydrogens (tertiary/aromatic N) is 2. The summed E-state index contributed by atoms with van der Waals surface area (Å²) in [6.07, 6.45) is 2.44. The molecule has 0 spiro atoms. The van der Waals surface area contributed by atoms with Gasteiger partial charge in [-0.2, -0.15) is 0 Å². The standard InChI is InChI=1S/C22H24N4O2S2/c1-15(29-22-26-25-21(30-22)23-14-17-10-7-13-28-17)20(27)24-19-12-6-5-11-18(19)16-8-3-2-4-9-16/h2-6,8-9,11-12,15,17H,7,10,13-14H2,1H3,(H,23,25)(H,24,27). The molecule has 1 aromatic heterocycles. The van der Waals surface area contributed by atoms with E-state index in [4.69, 9.17) is 4.74 Å². The number of hydrogen-bond donors (Lipinski definition) is 2. The fourth-order valence-electron chi connectivity index (χ4n) is 3.24. The van der Waals surface area contributed by atoms with Gasteiger partial charge in [0, 0.05) is 24.4 Å². The van der Waals surface area contributed by atoms with E-state index in [-0.39, 0.29) is 17.3 Å². The van der Waals surface area contributed by atoms with Crippen LogP contribution in [0.15, 0.2) is 58.9 Å². The second-order valence-corrected chi connectivity index (χ2v) is 9.62. The summed E-state index contributed by atoms with van der Waals surface area (Å²) < 4.78 is 6.38. The first kappa shape index (κ1) is 20.8. The number of carbonyl (C=O) groups is 1. The van der Waals surface area contributed by atoms with E-state index in [1.54, 1.807) is 0 Å². The number of rotatable bonds is 8. The summed E-state index contributed by atoms with van der Waals surface area (Å²) in [6.45, 7) is 3.46. The number of benzene rings is 2. The Morgan fingerprint density at radius 1 is 1.20 bits per heavy atom. The minimum atomic E-state index is -0.298. The second-order valence-electron chi connectivity index (χ2n) is 7.05. The Hall–Kier alpha value is -2.42. The SMILES string of the molecule is CC(Sc1nnc(NCC2CCCO2)s1)C(=O)Nc1ccccc1-c1ccccc1. The lowest BCUT2D eigenvalue weighted by Gasteiger charge is -2.14. The molecule has 0 saturated carbocycles. The molecule has 4 rings (SSSR count). The van der Waals surface area contributed by atoms with Crippen molar-refractivity contribution in [1.29, 1.82) is 0 Å². The van der Waals surface area contributed by atoms with E-state index in [2.05, 4.69) is 20.8 Å². The summed E-state index contributed by atoms with van der Waals surface area (Å²) in [4.78, 5) is 12.8. The number of carbonyl (C=O) groups excluding carboxylic acids is 1. The van der Waals surface area contributed by atoms with Crippen molar-refractivity contribution in [2.24, 2.45) is 0 Å². The summed E-state index contributed by atoms with van der Waals surface area (Å²) in [5.74, 6) is -0.0626. The zero-order chi connectivity index (χ0) is 20.8. The highest BCUT2D eigenvalue weighted by molar-refractivity contribution is 8.02. The summed E-state index contributed by atoms with van der Waals surface area (Å²) in [5, 5.41) is 15.2. The number of amides is 1. The van der Waals surface area contributed by atoms with Crippen molar-refractivity contribution in [3.8, 4) is 11.1 Å². The lowest BCUT2D eigenvalue weighted by molar-refractivity contribution is -0.115. The highest BCUT2D eigenvalue weighted by atomic mass is 32.2. The van der Waals surface area contributed by atoms with Gasteiger partial charge in [0.1, 0.15) is 0 Å². The Balaban J connectivity index is 1.35. The first-order valence-electron chi connectivity index (χ1n) is 10.00. The maximum atomic E-state index is 12.8. The van der Waals surface area contributed by atoms with Crippen LogP contribution in [-0.2, 0) is 9.53 Å². The van der Waals surface area contributed by atoms with Crippen molar-refractivity contribution in [2.45, 2.75) is 35.5 Å². The summed E-state index contributed by atoms with van der Waals surface area (Å²) >= 11 is 2.88. The molecule has 2 unspecified atom stereocenters. The molecule has 1 amide bonds. The Kier molecular flexibility index (Phi) is 6.99. The fraction of sp³-hybridized carbons (Fsp3) is 0.318. The fourth-order valence-corrected chi connectivity index (χ4v) is 5.14. The van der Waals surface area contributed by atoms with E-state index in [0.29, 0.717) is 0 Å². The van der Waals surface area contributed by atoms with Gasteiger partial charge in [-0.1, -0.05) is 71.6 Å². The first-order valence-corrected chi connectivity index (χ1v) is 11.7. The van der Waals surface area contributed by atoms with E-state index in [0.717, 1.165) is 52.3 Å². The van der Waals surface area contributed by atoms with Gasteiger partial charge in [0.05, 0.1) is 11.4 Å². The van der Waals surface area contributed by atoms with Crippen LogP contribution in [0, 0.1) is 0 Å². The molecule has 2 heterocycles.